The van der Waals surface area contributed by atoms with Crippen LogP contribution in [0, 0.1) is 5.92 Å². The van der Waals surface area contributed by atoms with Crippen molar-refractivity contribution in [2.45, 2.75) is 26.7 Å². The molecule has 0 atom stereocenters. The number of amides is 1. The van der Waals surface area contributed by atoms with Gasteiger partial charge in [-0.15, -0.1) is 0 Å². The van der Waals surface area contributed by atoms with Crippen molar-refractivity contribution in [3.8, 4) is 0 Å². The fraction of sp³-hybridized carbons (Fsp3) is 0.500. The predicted molar refractivity (Wildman–Crippen MR) is 54.7 cm³/mol. The van der Waals surface area contributed by atoms with Gasteiger partial charge in [0.15, 0.2) is 0 Å². The molecule has 1 aromatic heterocycles. The van der Waals surface area contributed by atoms with Crippen LogP contribution in [0.1, 0.15) is 26.7 Å². The first kappa shape index (κ1) is 10.6. The van der Waals surface area contributed by atoms with E-state index in [4.69, 9.17) is 0 Å². The molecule has 0 aliphatic heterocycles. The first-order valence-electron chi connectivity index (χ1n) is 4.73. The molecular weight excluding hydrogens is 178 g/mol. The number of aromatic nitrogens is 2. The van der Waals surface area contributed by atoms with Gasteiger partial charge in [0, 0.05) is 6.42 Å². The molecule has 0 unspecified atom stereocenters. The Bertz CT molecular complexity index is 285. The summed E-state index contributed by atoms with van der Waals surface area (Å²) >= 11 is 0. The smallest absolute Gasteiger partial charge is 0.224 e. The Balaban J connectivity index is 2.35. The van der Waals surface area contributed by atoms with E-state index in [1.54, 1.807) is 12.4 Å². The molecule has 4 nitrogen and oxygen atoms in total. The molecule has 1 N–H and O–H groups in total. The van der Waals surface area contributed by atoms with Gasteiger partial charge in [-0.2, -0.15) is 0 Å². The number of carbonyl (C=O) groups excluding carboxylic acids is 1. The maximum Gasteiger partial charge on any atom is 0.224 e. The van der Waals surface area contributed by atoms with Gasteiger partial charge in [-0.1, -0.05) is 13.8 Å². The standard InChI is InChI=1S/C10H15N3O/c1-8(2)3-4-10(14)13-9-5-11-7-12-6-9/h5-8H,3-4H2,1-2H3,(H,13,14). The molecular formula is C10H15N3O. The van der Waals surface area contributed by atoms with Gasteiger partial charge < -0.3 is 5.32 Å². The Labute approximate surface area is 83.8 Å². The van der Waals surface area contributed by atoms with Gasteiger partial charge in [0.1, 0.15) is 6.33 Å². The fourth-order valence-electron chi connectivity index (χ4n) is 1.01. The highest BCUT2D eigenvalue weighted by atomic mass is 16.1. The van der Waals surface area contributed by atoms with Gasteiger partial charge in [0.05, 0.1) is 18.1 Å². The minimum Gasteiger partial charge on any atom is -0.323 e. The molecule has 0 aliphatic carbocycles. The molecule has 0 bridgehead atoms. The van der Waals surface area contributed by atoms with Crippen molar-refractivity contribution in [1.82, 2.24) is 9.97 Å². The molecule has 0 spiro atoms. The van der Waals surface area contributed by atoms with Crippen LogP contribution in [0.2, 0.25) is 0 Å². The second-order valence-corrected chi connectivity index (χ2v) is 3.61. The second kappa shape index (κ2) is 5.32. The first-order chi connectivity index (χ1) is 6.68. The largest absolute Gasteiger partial charge is 0.323 e. The Morgan fingerprint density at radius 2 is 2.07 bits per heavy atom. The summed E-state index contributed by atoms with van der Waals surface area (Å²) in [5, 5.41) is 2.73. The minimum absolute atomic E-state index is 0.0218. The van der Waals surface area contributed by atoms with Crippen molar-refractivity contribution >= 4 is 11.6 Å². The summed E-state index contributed by atoms with van der Waals surface area (Å²) in [6.07, 6.45) is 6.05. The van der Waals surface area contributed by atoms with Crippen molar-refractivity contribution in [3.05, 3.63) is 18.7 Å². The Morgan fingerprint density at radius 1 is 1.43 bits per heavy atom. The molecule has 1 amide bonds. The van der Waals surface area contributed by atoms with Crippen LogP contribution >= 0.6 is 0 Å². The molecule has 0 aliphatic rings. The van der Waals surface area contributed by atoms with E-state index in [2.05, 4.69) is 29.1 Å². The van der Waals surface area contributed by atoms with Gasteiger partial charge in [0.25, 0.3) is 0 Å². The lowest BCUT2D eigenvalue weighted by Gasteiger charge is -2.05. The van der Waals surface area contributed by atoms with Gasteiger partial charge >= 0.3 is 0 Å². The van der Waals surface area contributed by atoms with Crippen LogP contribution in [0.5, 0.6) is 0 Å². The summed E-state index contributed by atoms with van der Waals surface area (Å²) < 4.78 is 0. The van der Waals surface area contributed by atoms with E-state index in [-0.39, 0.29) is 5.91 Å². The third kappa shape index (κ3) is 3.98. The highest BCUT2D eigenvalue weighted by Gasteiger charge is 2.03. The molecule has 0 aromatic carbocycles. The van der Waals surface area contributed by atoms with Crippen LogP contribution in [0.15, 0.2) is 18.7 Å². The third-order valence-electron chi connectivity index (χ3n) is 1.79. The third-order valence-corrected chi connectivity index (χ3v) is 1.79. The summed E-state index contributed by atoms with van der Waals surface area (Å²) in [6, 6.07) is 0. The topological polar surface area (TPSA) is 54.9 Å². The molecule has 0 fully saturated rings. The number of rotatable bonds is 4. The first-order valence-corrected chi connectivity index (χ1v) is 4.73. The van der Waals surface area contributed by atoms with Gasteiger partial charge in [-0.3, -0.25) is 4.79 Å². The zero-order valence-corrected chi connectivity index (χ0v) is 8.53. The lowest BCUT2D eigenvalue weighted by Crippen LogP contribution is -2.12. The monoisotopic (exact) mass is 193 g/mol. The van der Waals surface area contributed by atoms with Crippen molar-refractivity contribution in [3.63, 3.8) is 0 Å². The number of nitrogens with one attached hydrogen (secondary N) is 1. The zero-order valence-electron chi connectivity index (χ0n) is 8.53. The molecule has 1 aromatic rings. The van der Waals surface area contributed by atoms with Crippen molar-refractivity contribution in [1.29, 1.82) is 0 Å². The van der Waals surface area contributed by atoms with Crippen LogP contribution in [-0.4, -0.2) is 15.9 Å². The van der Waals surface area contributed by atoms with Crippen LogP contribution in [0.4, 0.5) is 5.69 Å². The fourth-order valence-corrected chi connectivity index (χ4v) is 1.01. The van der Waals surface area contributed by atoms with Crippen molar-refractivity contribution in [2.24, 2.45) is 5.92 Å². The average Bonchev–Trinajstić information content (AvgIpc) is 2.16. The SMILES string of the molecule is CC(C)CCC(=O)Nc1cncnc1. The van der Waals surface area contributed by atoms with Crippen LogP contribution < -0.4 is 5.32 Å². The average molecular weight is 193 g/mol. The molecule has 1 rings (SSSR count). The normalized spacial score (nSPS) is 10.2. The molecule has 14 heavy (non-hydrogen) atoms. The van der Waals surface area contributed by atoms with E-state index in [1.165, 1.54) is 6.33 Å². The highest BCUT2D eigenvalue weighted by Crippen LogP contribution is 2.06. The van der Waals surface area contributed by atoms with Crippen LogP contribution in [0.25, 0.3) is 0 Å². The van der Waals surface area contributed by atoms with E-state index in [0.29, 0.717) is 18.0 Å². The lowest BCUT2D eigenvalue weighted by atomic mass is 10.1. The molecule has 4 heteroatoms. The summed E-state index contributed by atoms with van der Waals surface area (Å²) in [6.45, 7) is 4.19. The van der Waals surface area contributed by atoms with E-state index in [1.807, 2.05) is 0 Å². The van der Waals surface area contributed by atoms with Crippen LogP contribution in [0.3, 0.4) is 0 Å². The minimum atomic E-state index is 0.0218. The number of hydrogen-bond acceptors (Lipinski definition) is 3. The number of hydrogen-bond donors (Lipinski definition) is 1. The molecule has 76 valence electrons. The quantitative estimate of drug-likeness (QED) is 0.794. The Hall–Kier alpha value is -1.45. The van der Waals surface area contributed by atoms with Crippen molar-refractivity contribution in [2.75, 3.05) is 5.32 Å². The Kier molecular flexibility index (Phi) is 4.04. The van der Waals surface area contributed by atoms with Gasteiger partial charge in [-0.05, 0) is 12.3 Å². The number of carbonyl (C=O) groups is 1. The molecule has 0 saturated carbocycles. The van der Waals surface area contributed by atoms with Gasteiger partial charge in [0.2, 0.25) is 5.91 Å². The molecule has 0 radical (unpaired) electrons. The Morgan fingerprint density at radius 3 is 2.64 bits per heavy atom. The maximum absolute atomic E-state index is 11.4. The molecule has 0 saturated heterocycles. The van der Waals surface area contributed by atoms with Gasteiger partial charge in [-0.25, -0.2) is 9.97 Å². The summed E-state index contributed by atoms with van der Waals surface area (Å²) in [5.74, 6) is 0.571. The molecule has 1 heterocycles. The van der Waals surface area contributed by atoms with Crippen LogP contribution in [-0.2, 0) is 4.79 Å². The van der Waals surface area contributed by atoms with E-state index < -0.39 is 0 Å². The van der Waals surface area contributed by atoms with E-state index in [9.17, 15) is 4.79 Å². The number of anilines is 1. The van der Waals surface area contributed by atoms with E-state index >= 15 is 0 Å². The summed E-state index contributed by atoms with van der Waals surface area (Å²) in [5.41, 5.74) is 0.654. The lowest BCUT2D eigenvalue weighted by molar-refractivity contribution is -0.116. The summed E-state index contributed by atoms with van der Waals surface area (Å²) in [4.78, 5) is 19.0. The maximum atomic E-state index is 11.4. The predicted octanol–water partition coefficient (Wildman–Crippen LogP) is 1.85. The highest BCUT2D eigenvalue weighted by molar-refractivity contribution is 5.90. The summed E-state index contributed by atoms with van der Waals surface area (Å²) in [7, 11) is 0. The second-order valence-electron chi connectivity index (χ2n) is 3.61. The number of nitrogens with zero attached hydrogens (tertiary/aromatic N) is 2. The zero-order chi connectivity index (χ0) is 10.4. The van der Waals surface area contributed by atoms with E-state index in [0.717, 1.165) is 6.42 Å². The van der Waals surface area contributed by atoms with Crippen molar-refractivity contribution < 1.29 is 4.79 Å².